The second-order valence-electron chi connectivity index (χ2n) is 5.27. The number of nitro groups is 1. The van der Waals surface area contributed by atoms with Gasteiger partial charge in [-0.2, -0.15) is 0 Å². The van der Waals surface area contributed by atoms with Crippen molar-refractivity contribution in [3.63, 3.8) is 0 Å². The van der Waals surface area contributed by atoms with Crippen LogP contribution in [0.4, 0.5) is 11.4 Å². The molecule has 7 nitrogen and oxygen atoms in total. The average molecular weight is 291 g/mol. The summed E-state index contributed by atoms with van der Waals surface area (Å²) in [7, 11) is 0. The van der Waals surface area contributed by atoms with E-state index in [1.807, 2.05) is 0 Å². The average Bonchev–Trinajstić information content (AvgIpc) is 2.94. The van der Waals surface area contributed by atoms with Crippen molar-refractivity contribution in [2.75, 3.05) is 37.7 Å². The Balaban J connectivity index is 1.60. The summed E-state index contributed by atoms with van der Waals surface area (Å²) in [6.45, 7) is 3.74. The first kappa shape index (κ1) is 13.8. The van der Waals surface area contributed by atoms with Crippen molar-refractivity contribution in [1.82, 2.24) is 4.90 Å². The Morgan fingerprint density at radius 2 is 1.81 bits per heavy atom. The van der Waals surface area contributed by atoms with Crippen LogP contribution in [-0.4, -0.2) is 54.6 Å². The number of hydrogen-bond acceptors (Lipinski definition) is 6. The molecule has 21 heavy (non-hydrogen) atoms. The van der Waals surface area contributed by atoms with Gasteiger partial charge in [-0.25, -0.2) is 0 Å². The van der Waals surface area contributed by atoms with Crippen molar-refractivity contribution < 1.29 is 14.5 Å². The maximum absolute atomic E-state index is 11.6. The first-order valence-corrected chi connectivity index (χ1v) is 7.05. The summed E-state index contributed by atoms with van der Waals surface area (Å²) >= 11 is 0. The molecule has 2 aliphatic rings. The third-order valence-corrected chi connectivity index (χ3v) is 4.09. The molecule has 0 bridgehead atoms. The normalized spacial score (nSPS) is 23.1. The SMILES string of the molecule is O=C1OCC[C@@H]1N1CCN(c2ccc([N+](=O)[O-])cc2)CC1. The van der Waals surface area contributed by atoms with Gasteiger partial charge in [-0.3, -0.25) is 19.8 Å². The van der Waals surface area contributed by atoms with Crippen LogP contribution in [0.5, 0.6) is 0 Å². The van der Waals surface area contributed by atoms with Crippen molar-refractivity contribution in [1.29, 1.82) is 0 Å². The number of nitrogens with zero attached hydrogens (tertiary/aromatic N) is 3. The molecule has 2 heterocycles. The number of nitro benzene ring substituents is 1. The predicted molar refractivity (Wildman–Crippen MR) is 76.2 cm³/mol. The van der Waals surface area contributed by atoms with Gasteiger partial charge in [-0.15, -0.1) is 0 Å². The molecule has 1 aromatic rings. The molecule has 0 spiro atoms. The zero-order chi connectivity index (χ0) is 14.8. The molecule has 0 amide bonds. The summed E-state index contributed by atoms with van der Waals surface area (Å²) in [4.78, 5) is 26.2. The molecule has 0 N–H and O–H groups in total. The summed E-state index contributed by atoms with van der Waals surface area (Å²) in [5, 5.41) is 10.7. The molecule has 0 aliphatic carbocycles. The van der Waals surface area contributed by atoms with Crippen molar-refractivity contribution in [2.45, 2.75) is 12.5 Å². The summed E-state index contributed by atoms with van der Waals surface area (Å²) in [5.41, 5.74) is 1.08. The lowest BCUT2D eigenvalue weighted by atomic mass is 10.1. The highest BCUT2D eigenvalue weighted by Crippen LogP contribution is 2.22. The van der Waals surface area contributed by atoms with Crippen LogP contribution in [0.15, 0.2) is 24.3 Å². The van der Waals surface area contributed by atoms with Crippen LogP contribution in [0.3, 0.4) is 0 Å². The van der Waals surface area contributed by atoms with Crippen molar-refractivity contribution in [2.24, 2.45) is 0 Å². The monoisotopic (exact) mass is 291 g/mol. The van der Waals surface area contributed by atoms with Gasteiger partial charge in [-0.1, -0.05) is 0 Å². The lowest BCUT2D eigenvalue weighted by Gasteiger charge is -2.37. The first-order valence-electron chi connectivity index (χ1n) is 7.05. The van der Waals surface area contributed by atoms with E-state index < -0.39 is 4.92 Å². The summed E-state index contributed by atoms with van der Waals surface area (Å²) < 4.78 is 5.01. The number of piperazine rings is 1. The predicted octanol–water partition coefficient (Wildman–Crippen LogP) is 1.03. The lowest BCUT2D eigenvalue weighted by Crippen LogP contribution is -2.51. The van der Waals surface area contributed by atoms with Gasteiger partial charge in [0.05, 0.1) is 11.5 Å². The Morgan fingerprint density at radius 3 is 2.33 bits per heavy atom. The Hall–Kier alpha value is -2.15. The quantitative estimate of drug-likeness (QED) is 0.470. The van der Waals surface area contributed by atoms with E-state index in [1.54, 1.807) is 12.1 Å². The highest BCUT2D eigenvalue weighted by Gasteiger charge is 2.34. The highest BCUT2D eigenvalue weighted by atomic mass is 16.6. The third-order valence-electron chi connectivity index (χ3n) is 4.09. The van der Waals surface area contributed by atoms with Crippen molar-refractivity contribution in [3.05, 3.63) is 34.4 Å². The van der Waals surface area contributed by atoms with Crippen LogP contribution in [0.2, 0.25) is 0 Å². The standard InChI is InChI=1S/C14H17N3O4/c18-14-13(5-10-21-14)16-8-6-15(7-9-16)11-1-3-12(4-2-11)17(19)20/h1-4,13H,5-10H2/t13-/m0/s1. The van der Waals surface area contributed by atoms with Crippen LogP contribution in [0.1, 0.15) is 6.42 Å². The Kier molecular flexibility index (Phi) is 3.74. The molecule has 3 rings (SSSR count). The van der Waals surface area contributed by atoms with Gasteiger partial charge in [0.15, 0.2) is 0 Å². The fraction of sp³-hybridized carbons (Fsp3) is 0.500. The van der Waals surface area contributed by atoms with Gasteiger partial charge in [0, 0.05) is 50.4 Å². The fourth-order valence-electron chi connectivity index (χ4n) is 2.89. The largest absolute Gasteiger partial charge is 0.464 e. The minimum absolute atomic E-state index is 0.0935. The van der Waals surface area contributed by atoms with Gasteiger partial charge in [0.25, 0.3) is 5.69 Å². The molecular weight excluding hydrogens is 274 g/mol. The van der Waals surface area contributed by atoms with E-state index in [0.29, 0.717) is 6.61 Å². The van der Waals surface area contributed by atoms with Crippen LogP contribution >= 0.6 is 0 Å². The summed E-state index contributed by atoms with van der Waals surface area (Å²) in [6.07, 6.45) is 0.774. The topological polar surface area (TPSA) is 75.9 Å². The van der Waals surface area contributed by atoms with E-state index in [0.717, 1.165) is 38.3 Å². The zero-order valence-electron chi connectivity index (χ0n) is 11.6. The Bertz CT molecular complexity index is 538. The van der Waals surface area contributed by atoms with E-state index in [9.17, 15) is 14.9 Å². The number of anilines is 1. The Morgan fingerprint density at radius 1 is 1.14 bits per heavy atom. The van der Waals surface area contributed by atoms with Gasteiger partial charge >= 0.3 is 5.97 Å². The summed E-state index contributed by atoms with van der Waals surface area (Å²) in [6, 6.07) is 6.51. The minimum atomic E-state index is -0.395. The Labute approximate surface area is 122 Å². The van der Waals surface area contributed by atoms with Crippen LogP contribution in [0.25, 0.3) is 0 Å². The molecule has 0 saturated carbocycles. The number of benzene rings is 1. The molecule has 2 aliphatic heterocycles. The van der Waals surface area contributed by atoms with E-state index in [1.165, 1.54) is 12.1 Å². The zero-order valence-corrected chi connectivity index (χ0v) is 11.6. The van der Waals surface area contributed by atoms with Crippen LogP contribution < -0.4 is 4.90 Å². The number of rotatable bonds is 3. The summed E-state index contributed by atoms with van der Waals surface area (Å²) in [5.74, 6) is -0.112. The number of esters is 1. The van der Waals surface area contributed by atoms with E-state index in [-0.39, 0.29) is 17.7 Å². The molecule has 1 aromatic carbocycles. The number of carbonyl (C=O) groups excluding carboxylic acids is 1. The van der Waals surface area contributed by atoms with Gasteiger partial charge in [0.2, 0.25) is 0 Å². The molecule has 2 saturated heterocycles. The number of non-ortho nitro benzene ring substituents is 1. The van der Waals surface area contributed by atoms with Crippen molar-refractivity contribution >= 4 is 17.3 Å². The number of carbonyl (C=O) groups is 1. The molecular formula is C14H17N3O4. The molecule has 0 aromatic heterocycles. The number of hydrogen-bond donors (Lipinski definition) is 0. The second kappa shape index (κ2) is 5.69. The minimum Gasteiger partial charge on any atom is -0.464 e. The number of ether oxygens (including phenoxy) is 1. The van der Waals surface area contributed by atoms with Crippen molar-refractivity contribution in [3.8, 4) is 0 Å². The second-order valence-corrected chi connectivity index (χ2v) is 5.27. The molecule has 2 fully saturated rings. The van der Waals surface area contributed by atoms with E-state index >= 15 is 0 Å². The maximum atomic E-state index is 11.6. The smallest absolute Gasteiger partial charge is 0.323 e. The lowest BCUT2D eigenvalue weighted by molar-refractivity contribution is -0.384. The molecule has 112 valence electrons. The molecule has 0 radical (unpaired) electrons. The van der Waals surface area contributed by atoms with Gasteiger partial charge < -0.3 is 9.64 Å². The van der Waals surface area contributed by atoms with Gasteiger partial charge in [-0.05, 0) is 12.1 Å². The third kappa shape index (κ3) is 2.82. The van der Waals surface area contributed by atoms with E-state index in [4.69, 9.17) is 4.74 Å². The highest BCUT2D eigenvalue weighted by molar-refractivity contribution is 5.77. The molecule has 7 heteroatoms. The fourth-order valence-corrected chi connectivity index (χ4v) is 2.89. The first-order chi connectivity index (χ1) is 10.1. The number of cyclic esters (lactones) is 1. The molecule has 0 unspecified atom stereocenters. The van der Waals surface area contributed by atoms with Crippen LogP contribution in [-0.2, 0) is 9.53 Å². The van der Waals surface area contributed by atoms with Crippen LogP contribution in [0, 0.1) is 10.1 Å². The molecule has 1 atom stereocenters. The van der Waals surface area contributed by atoms with E-state index in [2.05, 4.69) is 9.80 Å². The maximum Gasteiger partial charge on any atom is 0.323 e. The van der Waals surface area contributed by atoms with Gasteiger partial charge in [0.1, 0.15) is 6.04 Å².